The summed E-state index contributed by atoms with van der Waals surface area (Å²) in [6.45, 7) is 3.30. The van der Waals surface area contributed by atoms with Gasteiger partial charge in [-0.15, -0.1) is 0 Å². The van der Waals surface area contributed by atoms with Crippen molar-refractivity contribution >= 4 is 22.7 Å². The van der Waals surface area contributed by atoms with E-state index in [4.69, 9.17) is 4.98 Å². The summed E-state index contributed by atoms with van der Waals surface area (Å²) in [6.07, 6.45) is 6.80. The number of carbonyl (C=O) groups excluding carboxylic acids is 2. The van der Waals surface area contributed by atoms with Gasteiger partial charge in [0.15, 0.2) is 0 Å². The lowest BCUT2D eigenvalue weighted by molar-refractivity contribution is -0.121. The van der Waals surface area contributed by atoms with Crippen molar-refractivity contribution in [1.82, 2.24) is 24.8 Å². The van der Waals surface area contributed by atoms with Crippen molar-refractivity contribution in [2.75, 3.05) is 6.54 Å². The Balaban J connectivity index is 1.30. The van der Waals surface area contributed by atoms with Crippen LogP contribution < -0.4 is 5.32 Å². The molecular formula is C23H27N5O2. The summed E-state index contributed by atoms with van der Waals surface area (Å²) in [5.74, 6) is 0.860. The number of rotatable bonds is 4. The average Bonchev–Trinajstić information content (AvgIpc) is 3.47. The molecule has 0 spiro atoms. The minimum absolute atomic E-state index is 0.0199. The molecule has 1 aliphatic carbocycles. The first kappa shape index (κ1) is 18.9. The van der Waals surface area contributed by atoms with Crippen LogP contribution in [-0.4, -0.2) is 43.8 Å². The number of aromatic amines is 1. The predicted octanol–water partition coefficient (Wildman–Crippen LogP) is 3.18. The summed E-state index contributed by atoms with van der Waals surface area (Å²) in [4.78, 5) is 35.3. The Morgan fingerprint density at radius 3 is 2.80 bits per heavy atom. The van der Waals surface area contributed by atoms with E-state index in [1.54, 1.807) is 0 Å². The molecule has 7 nitrogen and oxygen atoms in total. The van der Waals surface area contributed by atoms with Gasteiger partial charge in [-0.05, 0) is 31.9 Å². The van der Waals surface area contributed by atoms with E-state index in [2.05, 4.69) is 14.9 Å². The number of amides is 2. The quantitative estimate of drug-likeness (QED) is 0.699. The molecule has 156 valence electrons. The number of nitrogens with zero attached hydrogens (tertiary/aromatic N) is 3. The van der Waals surface area contributed by atoms with Crippen LogP contribution in [-0.2, 0) is 17.8 Å². The number of aromatic nitrogens is 3. The van der Waals surface area contributed by atoms with E-state index in [0.29, 0.717) is 31.2 Å². The van der Waals surface area contributed by atoms with E-state index < -0.39 is 0 Å². The zero-order chi connectivity index (χ0) is 20.7. The molecule has 2 amide bonds. The van der Waals surface area contributed by atoms with Crippen molar-refractivity contribution < 1.29 is 9.59 Å². The van der Waals surface area contributed by atoms with Gasteiger partial charge in [-0.3, -0.25) is 9.59 Å². The topological polar surface area (TPSA) is 83.0 Å². The molecular weight excluding hydrogens is 378 g/mol. The van der Waals surface area contributed by atoms with Gasteiger partial charge in [-0.2, -0.15) is 0 Å². The minimum Gasteiger partial charge on any atom is -0.353 e. The molecule has 0 saturated heterocycles. The van der Waals surface area contributed by atoms with Crippen LogP contribution in [0.5, 0.6) is 0 Å². The van der Waals surface area contributed by atoms with Crippen LogP contribution in [0.1, 0.15) is 60.7 Å². The molecule has 30 heavy (non-hydrogen) atoms. The van der Waals surface area contributed by atoms with Gasteiger partial charge in [-0.25, -0.2) is 4.98 Å². The number of imidazole rings is 1. The average molecular weight is 406 g/mol. The van der Waals surface area contributed by atoms with Gasteiger partial charge in [0.2, 0.25) is 5.91 Å². The number of fused-ring (bicyclic) bond motifs is 2. The normalized spacial score (nSPS) is 19.2. The highest BCUT2D eigenvalue weighted by atomic mass is 16.2. The molecule has 2 N–H and O–H groups in total. The third-order valence-corrected chi connectivity index (χ3v) is 6.36. The molecule has 0 radical (unpaired) electrons. The molecule has 3 heterocycles. The lowest BCUT2D eigenvalue weighted by Crippen LogP contribution is -2.41. The number of benzene rings is 1. The van der Waals surface area contributed by atoms with E-state index >= 15 is 0 Å². The van der Waals surface area contributed by atoms with Crippen molar-refractivity contribution in [1.29, 1.82) is 0 Å². The molecule has 2 aromatic heterocycles. The Bertz CT molecular complexity index is 1060. The highest BCUT2D eigenvalue weighted by Crippen LogP contribution is 2.27. The molecule has 0 bridgehead atoms. The maximum absolute atomic E-state index is 13.2. The van der Waals surface area contributed by atoms with E-state index in [-0.39, 0.29) is 17.9 Å². The standard InChI is InChI=1S/C23H27N5O2/c1-15-22-25-18(13-21(29)24-17-7-3-4-8-17)14-27(22)10-11-28(15)23(30)20-12-16-6-2-5-9-19(16)26-20/h2,5-6,9,12,14-15,17,26H,3-4,7-8,10-11,13H2,1H3,(H,24,29). The first-order valence-electron chi connectivity index (χ1n) is 10.8. The van der Waals surface area contributed by atoms with Gasteiger partial charge in [0, 0.05) is 36.2 Å². The minimum atomic E-state index is -0.149. The van der Waals surface area contributed by atoms with Crippen LogP contribution in [0.4, 0.5) is 0 Å². The van der Waals surface area contributed by atoms with Crippen molar-refractivity contribution in [3.05, 3.63) is 53.7 Å². The second kappa shape index (κ2) is 7.63. The third-order valence-electron chi connectivity index (χ3n) is 6.36. The van der Waals surface area contributed by atoms with Crippen LogP contribution >= 0.6 is 0 Å². The predicted molar refractivity (Wildman–Crippen MR) is 114 cm³/mol. The number of nitrogens with one attached hydrogen (secondary N) is 2. The summed E-state index contributed by atoms with van der Waals surface area (Å²) >= 11 is 0. The number of hydrogen-bond acceptors (Lipinski definition) is 3. The summed E-state index contributed by atoms with van der Waals surface area (Å²) in [7, 11) is 0. The molecule has 2 aliphatic rings. The van der Waals surface area contributed by atoms with Crippen LogP contribution in [0.3, 0.4) is 0 Å². The number of hydrogen-bond donors (Lipinski definition) is 2. The summed E-state index contributed by atoms with van der Waals surface area (Å²) in [6, 6.07) is 9.97. The monoisotopic (exact) mass is 405 g/mol. The van der Waals surface area contributed by atoms with Crippen molar-refractivity contribution in [2.45, 2.75) is 57.7 Å². The Kier molecular flexibility index (Phi) is 4.81. The summed E-state index contributed by atoms with van der Waals surface area (Å²) < 4.78 is 2.08. The Morgan fingerprint density at radius 1 is 1.20 bits per heavy atom. The van der Waals surface area contributed by atoms with Crippen LogP contribution in [0, 0.1) is 0 Å². The SMILES string of the molecule is CC1c2nc(CC(=O)NC3CCCC3)cn2CCN1C(=O)c1cc2ccccc2[nH]1. The zero-order valence-corrected chi connectivity index (χ0v) is 17.2. The number of para-hydroxylation sites is 1. The molecule has 1 fully saturated rings. The lowest BCUT2D eigenvalue weighted by Gasteiger charge is -2.33. The second-order valence-corrected chi connectivity index (χ2v) is 8.45. The van der Waals surface area contributed by atoms with Crippen LogP contribution in [0.15, 0.2) is 36.5 Å². The van der Waals surface area contributed by atoms with Gasteiger partial charge < -0.3 is 19.8 Å². The summed E-state index contributed by atoms with van der Waals surface area (Å²) in [5.41, 5.74) is 2.33. The largest absolute Gasteiger partial charge is 0.353 e. The van der Waals surface area contributed by atoms with Crippen molar-refractivity contribution in [2.24, 2.45) is 0 Å². The Hall–Kier alpha value is -3.09. The number of H-pyrrole nitrogens is 1. The third kappa shape index (κ3) is 3.49. The van der Waals surface area contributed by atoms with E-state index in [0.717, 1.165) is 35.3 Å². The smallest absolute Gasteiger partial charge is 0.270 e. The van der Waals surface area contributed by atoms with Crippen molar-refractivity contribution in [3.8, 4) is 0 Å². The molecule has 7 heteroatoms. The highest BCUT2D eigenvalue weighted by molar-refractivity contribution is 5.98. The van der Waals surface area contributed by atoms with Gasteiger partial charge in [0.1, 0.15) is 11.5 Å². The zero-order valence-electron chi connectivity index (χ0n) is 17.2. The fraction of sp³-hybridized carbons (Fsp3) is 0.435. The lowest BCUT2D eigenvalue weighted by atomic mass is 10.2. The Labute approximate surface area is 175 Å². The van der Waals surface area contributed by atoms with E-state index in [9.17, 15) is 9.59 Å². The highest BCUT2D eigenvalue weighted by Gasteiger charge is 2.31. The first-order valence-corrected chi connectivity index (χ1v) is 10.8. The molecule has 1 aliphatic heterocycles. The number of carbonyl (C=O) groups is 2. The fourth-order valence-corrected chi connectivity index (χ4v) is 4.77. The van der Waals surface area contributed by atoms with Crippen LogP contribution in [0.25, 0.3) is 10.9 Å². The van der Waals surface area contributed by atoms with Gasteiger partial charge in [-0.1, -0.05) is 31.0 Å². The van der Waals surface area contributed by atoms with Gasteiger partial charge in [0.05, 0.1) is 18.2 Å². The molecule has 1 unspecified atom stereocenters. The molecule has 3 aromatic rings. The molecule has 1 saturated carbocycles. The van der Waals surface area contributed by atoms with Gasteiger partial charge >= 0.3 is 0 Å². The molecule has 1 aromatic carbocycles. The maximum Gasteiger partial charge on any atom is 0.270 e. The van der Waals surface area contributed by atoms with E-state index in [1.165, 1.54) is 12.8 Å². The van der Waals surface area contributed by atoms with Crippen LogP contribution in [0.2, 0.25) is 0 Å². The second-order valence-electron chi connectivity index (χ2n) is 8.45. The Morgan fingerprint density at radius 2 is 2.00 bits per heavy atom. The van der Waals surface area contributed by atoms with Crippen molar-refractivity contribution in [3.63, 3.8) is 0 Å². The maximum atomic E-state index is 13.2. The fourth-order valence-electron chi connectivity index (χ4n) is 4.77. The molecule has 1 atom stereocenters. The summed E-state index contributed by atoms with van der Waals surface area (Å²) in [5, 5.41) is 4.15. The van der Waals surface area contributed by atoms with Gasteiger partial charge in [0.25, 0.3) is 5.91 Å². The first-order chi connectivity index (χ1) is 14.6. The van der Waals surface area contributed by atoms with E-state index in [1.807, 2.05) is 48.4 Å². The molecule has 5 rings (SSSR count).